The summed E-state index contributed by atoms with van der Waals surface area (Å²) in [5, 5.41) is 3.28. The number of β-lactam (4-membered cyclic amide) rings is 1. The van der Waals surface area contributed by atoms with Crippen molar-refractivity contribution in [3.63, 3.8) is 0 Å². The van der Waals surface area contributed by atoms with Crippen LogP contribution in [0.1, 0.15) is 44.8 Å². The van der Waals surface area contributed by atoms with Crippen LogP contribution in [0.25, 0.3) is 0 Å². The number of halogens is 1. The maximum Gasteiger partial charge on any atom is 0.328 e. The van der Waals surface area contributed by atoms with E-state index in [9.17, 15) is 14.4 Å². The molecule has 4 rings (SSSR count). The van der Waals surface area contributed by atoms with Gasteiger partial charge in [0, 0.05) is 25.5 Å². The fraction of sp³-hybridized carbons (Fsp3) is 0.480. The van der Waals surface area contributed by atoms with Crippen LogP contribution in [-0.2, 0) is 14.3 Å². The molecule has 10 heteroatoms. The average Bonchev–Trinajstić information content (AvgIpc) is 2.89. The van der Waals surface area contributed by atoms with Crippen molar-refractivity contribution in [3.05, 3.63) is 53.6 Å². The lowest BCUT2D eigenvalue weighted by Crippen LogP contribution is -2.67. The van der Waals surface area contributed by atoms with Gasteiger partial charge >= 0.3 is 12.0 Å². The molecule has 2 aliphatic heterocycles. The number of nitrogens with zero attached hydrogens (tertiary/aromatic N) is 4. The topological polar surface area (TPSA) is 105 Å². The van der Waals surface area contributed by atoms with Gasteiger partial charge in [0.25, 0.3) is 0 Å². The molecule has 0 aliphatic carbocycles. The molecule has 2 unspecified atom stereocenters. The second-order valence-corrected chi connectivity index (χ2v) is 9.61. The summed E-state index contributed by atoms with van der Waals surface area (Å²) in [6, 6.07) is 6.04. The number of pyridine rings is 2. The minimum atomic E-state index is -0.717. The number of hydrogen-bond donors (Lipinski definition) is 1. The number of nitrogens with one attached hydrogen (secondary N) is 1. The fourth-order valence-electron chi connectivity index (χ4n) is 5.02. The summed E-state index contributed by atoms with van der Waals surface area (Å²) in [5.41, 5.74) is 0.734. The van der Waals surface area contributed by atoms with Crippen LogP contribution < -0.4 is 10.2 Å². The Kier molecular flexibility index (Phi) is 7.25. The highest BCUT2D eigenvalue weighted by Gasteiger charge is 2.63. The summed E-state index contributed by atoms with van der Waals surface area (Å²) >= 11 is 6.15. The van der Waals surface area contributed by atoms with Crippen LogP contribution in [0.5, 0.6) is 0 Å². The first-order valence-corrected chi connectivity index (χ1v) is 12.2. The molecule has 9 nitrogen and oxygen atoms in total. The number of rotatable bonds is 6. The van der Waals surface area contributed by atoms with Gasteiger partial charge in [0.05, 0.1) is 41.2 Å². The third-order valence-corrected chi connectivity index (χ3v) is 7.46. The first-order valence-electron chi connectivity index (χ1n) is 11.8. The van der Waals surface area contributed by atoms with Crippen molar-refractivity contribution in [1.82, 2.24) is 20.2 Å². The number of carbonyl (C=O) groups excluding carboxylic acids is 3. The van der Waals surface area contributed by atoms with Gasteiger partial charge in [-0.1, -0.05) is 37.9 Å². The molecule has 3 amide bonds. The summed E-state index contributed by atoms with van der Waals surface area (Å²) in [6.45, 7) is 4.63. The second kappa shape index (κ2) is 10.2. The molecule has 2 saturated heterocycles. The van der Waals surface area contributed by atoms with Gasteiger partial charge in [-0.05, 0) is 37.0 Å². The number of ether oxygens (including phenoxy) is 1. The molecule has 2 aromatic heterocycles. The predicted molar refractivity (Wildman–Crippen MR) is 131 cm³/mol. The summed E-state index contributed by atoms with van der Waals surface area (Å²) in [6.07, 6.45) is 6.55. The minimum Gasteiger partial charge on any atom is -0.467 e. The number of esters is 1. The Labute approximate surface area is 209 Å². The number of likely N-dealkylation sites (tertiary alicyclic amines) is 1. The molecule has 0 aromatic carbocycles. The van der Waals surface area contributed by atoms with Gasteiger partial charge in [0.15, 0.2) is 0 Å². The number of aromatic nitrogens is 2. The van der Waals surface area contributed by atoms with E-state index in [0.717, 1.165) is 12.1 Å². The molecule has 2 aliphatic rings. The van der Waals surface area contributed by atoms with Gasteiger partial charge in [-0.2, -0.15) is 0 Å². The Hall–Kier alpha value is -3.20. The Morgan fingerprint density at radius 3 is 2.63 bits per heavy atom. The maximum absolute atomic E-state index is 13.6. The van der Waals surface area contributed by atoms with Crippen molar-refractivity contribution in [2.45, 2.75) is 45.2 Å². The van der Waals surface area contributed by atoms with E-state index in [1.54, 1.807) is 28.3 Å². The van der Waals surface area contributed by atoms with Gasteiger partial charge in [-0.25, -0.2) is 9.59 Å². The summed E-state index contributed by atoms with van der Waals surface area (Å²) in [5.74, 6) is -0.551. The van der Waals surface area contributed by atoms with Crippen molar-refractivity contribution in [1.29, 1.82) is 0 Å². The van der Waals surface area contributed by atoms with Gasteiger partial charge in [0.2, 0.25) is 5.91 Å². The van der Waals surface area contributed by atoms with Crippen LogP contribution in [0.4, 0.5) is 10.5 Å². The lowest BCUT2D eigenvalue weighted by atomic mass is 9.63. The highest BCUT2D eigenvalue weighted by molar-refractivity contribution is 6.30. The predicted octanol–water partition coefficient (Wildman–Crippen LogP) is 3.60. The molecule has 0 saturated carbocycles. The summed E-state index contributed by atoms with van der Waals surface area (Å²) in [7, 11) is 1.32. The molecular weight excluding hydrogens is 470 g/mol. The molecule has 1 N–H and O–H groups in total. The molecule has 2 fully saturated rings. The monoisotopic (exact) mass is 499 g/mol. The number of methoxy groups -OCH3 is 1. The van der Waals surface area contributed by atoms with E-state index in [1.807, 2.05) is 32.0 Å². The Morgan fingerprint density at radius 1 is 1.29 bits per heavy atom. The third kappa shape index (κ3) is 4.57. The molecule has 3 atom stereocenters. The van der Waals surface area contributed by atoms with E-state index < -0.39 is 17.4 Å². The Bertz CT molecular complexity index is 1090. The van der Waals surface area contributed by atoms with Crippen LogP contribution in [0.15, 0.2) is 42.9 Å². The quantitative estimate of drug-likeness (QED) is 0.481. The fourth-order valence-corrected chi connectivity index (χ4v) is 5.19. The summed E-state index contributed by atoms with van der Waals surface area (Å²) < 4.78 is 4.88. The SMILES string of the molecule is CCC(C)[C@H](NC(=O)N1CCC2(CC1)C(=O)N(c1cncc(Cl)c1)C2c1ccccn1)C(=O)OC. The molecule has 1 spiro atoms. The van der Waals surface area contributed by atoms with Crippen LogP contribution in [0.2, 0.25) is 5.02 Å². The van der Waals surface area contributed by atoms with Crippen molar-refractivity contribution < 1.29 is 19.1 Å². The summed E-state index contributed by atoms with van der Waals surface area (Å²) in [4.78, 5) is 50.8. The smallest absolute Gasteiger partial charge is 0.328 e. The zero-order valence-electron chi connectivity index (χ0n) is 20.1. The largest absolute Gasteiger partial charge is 0.467 e. The molecule has 0 radical (unpaired) electrons. The molecule has 0 bridgehead atoms. The minimum absolute atomic E-state index is 0.0238. The molecule has 186 valence electrons. The Morgan fingerprint density at radius 2 is 2.03 bits per heavy atom. The Balaban J connectivity index is 1.53. The first-order chi connectivity index (χ1) is 16.8. The third-order valence-electron chi connectivity index (χ3n) is 7.25. The molecule has 4 heterocycles. The van der Waals surface area contributed by atoms with Gasteiger partial charge in [-0.15, -0.1) is 0 Å². The number of urea groups is 1. The van der Waals surface area contributed by atoms with Crippen LogP contribution in [0, 0.1) is 11.3 Å². The number of hydrogen-bond acceptors (Lipinski definition) is 6. The second-order valence-electron chi connectivity index (χ2n) is 9.17. The van der Waals surface area contributed by atoms with E-state index in [1.165, 1.54) is 13.3 Å². The van der Waals surface area contributed by atoms with E-state index in [-0.39, 0.29) is 23.9 Å². The maximum atomic E-state index is 13.6. The molecule has 35 heavy (non-hydrogen) atoms. The zero-order chi connectivity index (χ0) is 25.2. The normalized spacial score (nSPS) is 20.7. The van der Waals surface area contributed by atoms with E-state index in [0.29, 0.717) is 36.6 Å². The van der Waals surface area contributed by atoms with Crippen molar-refractivity contribution in [3.8, 4) is 0 Å². The van der Waals surface area contributed by atoms with Gasteiger partial charge in [-0.3, -0.25) is 14.8 Å². The zero-order valence-corrected chi connectivity index (χ0v) is 20.9. The molecular formula is C25H30ClN5O4. The van der Waals surface area contributed by atoms with E-state index >= 15 is 0 Å². The van der Waals surface area contributed by atoms with Crippen LogP contribution >= 0.6 is 11.6 Å². The van der Waals surface area contributed by atoms with E-state index in [2.05, 4.69) is 15.3 Å². The average molecular weight is 500 g/mol. The number of amides is 3. The van der Waals surface area contributed by atoms with Crippen LogP contribution in [-0.4, -0.2) is 59.0 Å². The van der Waals surface area contributed by atoms with Gasteiger partial charge in [0.1, 0.15) is 6.04 Å². The highest BCUT2D eigenvalue weighted by Crippen LogP contribution is 2.57. The first kappa shape index (κ1) is 24.9. The van der Waals surface area contributed by atoms with Gasteiger partial charge < -0.3 is 19.9 Å². The van der Waals surface area contributed by atoms with Crippen LogP contribution in [0.3, 0.4) is 0 Å². The number of anilines is 1. The lowest BCUT2D eigenvalue weighted by molar-refractivity contribution is -0.144. The van der Waals surface area contributed by atoms with Crippen molar-refractivity contribution in [2.24, 2.45) is 11.3 Å². The lowest BCUT2D eigenvalue weighted by Gasteiger charge is -2.58. The number of carbonyl (C=O) groups is 3. The molecule has 2 aromatic rings. The standard InChI is InChI=1S/C25H30ClN5O4/c1-4-16(2)20(22(32)35-3)29-24(34)30-11-8-25(9-12-30)21(19-7-5-6-10-28-19)31(23(25)33)18-13-17(26)14-27-15-18/h5-7,10,13-16,20-21H,4,8-9,11-12H2,1-3H3,(H,29,34)/t16?,20-,21?/m0/s1. The van der Waals surface area contributed by atoms with Crippen molar-refractivity contribution >= 4 is 35.2 Å². The highest BCUT2D eigenvalue weighted by atomic mass is 35.5. The van der Waals surface area contributed by atoms with Crippen molar-refractivity contribution in [2.75, 3.05) is 25.1 Å². The van der Waals surface area contributed by atoms with E-state index in [4.69, 9.17) is 16.3 Å². The number of piperidine rings is 1.